The van der Waals surface area contributed by atoms with Crippen LogP contribution in [0.25, 0.3) is 0 Å². The Kier molecular flexibility index (Phi) is 5.51. The van der Waals surface area contributed by atoms with Gasteiger partial charge in [0, 0.05) is 12.5 Å². The summed E-state index contributed by atoms with van der Waals surface area (Å²) in [4.78, 5) is 23.5. The lowest BCUT2D eigenvalue weighted by molar-refractivity contribution is -0.127. The van der Waals surface area contributed by atoms with Crippen LogP contribution in [0.1, 0.15) is 18.9 Å². The highest BCUT2D eigenvalue weighted by Gasteiger charge is 2.38. The molecule has 0 bridgehead atoms. The van der Waals surface area contributed by atoms with Crippen LogP contribution in [0.4, 0.5) is 4.39 Å². The molecule has 0 saturated heterocycles. The van der Waals surface area contributed by atoms with Crippen LogP contribution in [0, 0.1) is 17.7 Å². The van der Waals surface area contributed by atoms with Gasteiger partial charge in [0.1, 0.15) is 17.3 Å². The summed E-state index contributed by atoms with van der Waals surface area (Å²) in [6.07, 6.45) is 0.903. The van der Waals surface area contributed by atoms with Crippen molar-refractivity contribution in [3.8, 4) is 11.5 Å². The number of halogens is 1. The number of benzene rings is 2. The number of ether oxygens (including phenoxy) is 1. The molecular weight excluding hydrogens is 335 g/mol. The second-order valence-electron chi connectivity index (χ2n) is 6.51. The molecule has 5 nitrogen and oxygen atoms in total. The van der Waals surface area contributed by atoms with Crippen molar-refractivity contribution in [1.29, 1.82) is 0 Å². The maximum atomic E-state index is 12.9. The zero-order valence-corrected chi connectivity index (χ0v) is 14.5. The van der Waals surface area contributed by atoms with E-state index in [9.17, 15) is 14.0 Å². The molecule has 1 fully saturated rings. The first-order valence-corrected chi connectivity index (χ1v) is 8.58. The van der Waals surface area contributed by atoms with Crippen LogP contribution >= 0.6 is 0 Å². The highest BCUT2D eigenvalue weighted by atomic mass is 19.1. The Morgan fingerprint density at radius 1 is 1.04 bits per heavy atom. The molecule has 0 aliphatic heterocycles. The summed E-state index contributed by atoms with van der Waals surface area (Å²) in [5.41, 5.74) is 0.909. The SMILES string of the molecule is C[C@@H]1C[C@@H]1C(=O)NCC(=O)NCc1ccc(Oc2ccc(F)cc2)cc1. The van der Waals surface area contributed by atoms with E-state index in [4.69, 9.17) is 4.74 Å². The first-order chi connectivity index (χ1) is 12.5. The van der Waals surface area contributed by atoms with Crippen LogP contribution in [-0.2, 0) is 16.1 Å². The van der Waals surface area contributed by atoms with Crippen LogP contribution < -0.4 is 15.4 Å². The van der Waals surface area contributed by atoms with Crippen LogP contribution in [0.3, 0.4) is 0 Å². The maximum absolute atomic E-state index is 12.9. The Morgan fingerprint density at radius 3 is 2.19 bits per heavy atom. The third-order valence-electron chi connectivity index (χ3n) is 4.33. The Balaban J connectivity index is 1.41. The van der Waals surface area contributed by atoms with Gasteiger partial charge in [0.05, 0.1) is 6.54 Å². The van der Waals surface area contributed by atoms with Crippen LogP contribution in [0.2, 0.25) is 0 Å². The third kappa shape index (κ3) is 5.05. The maximum Gasteiger partial charge on any atom is 0.239 e. The minimum Gasteiger partial charge on any atom is -0.457 e. The molecule has 0 aromatic heterocycles. The van der Waals surface area contributed by atoms with Gasteiger partial charge >= 0.3 is 0 Å². The summed E-state index contributed by atoms with van der Waals surface area (Å²) in [5.74, 6) is 1.08. The quantitative estimate of drug-likeness (QED) is 0.801. The zero-order valence-electron chi connectivity index (χ0n) is 14.5. The summed E-state index contributed by atoms with van der Waals surface area (Å²) in [7, 11) is 0. The molecule has 6 heteroatoms. The molecule has 2 aromatic carbocycles. The summed E-state index contributed by atoms with van der Waals surface area (Å²) in [6, 6.07) is 13.0. The van der Waals surface area contributed by atoms with Gasteiger partial charge in [-0.05, 0) is 54.3 Å². The lowest BCUT2D eigenvalue weighted by Crippen LogP contribution is -2.37. The first kappa shape index (κ1) is 17.9. The third-order valence-corrected chi connectivity index (χ3v) is 4.33. The van der Waals surface area contributed by atoms with Crippen molar-refractivity contribution in [3.63, 3.8) is 0 Å². The summed E-state index contributed by atoms with van der Waals surface area (Å²) < 4.78 is 18.5. The second-order valence-corrected chi connectivity index (χ2v) is 6.51. The first-order valence-electron chi connectivity index (χ1n) is 8.58. The van der Waals surface area contributed by atoms with E-state index in [2.05, 4.69) is 10.6 Å². The van der Waals surface area contributed by atoms with Crippen LogP contribution in [0.5, 0.6) is 11.5 Å². The van der Waals surface area contributed by atoms with Crippen molar-refractivity contribution >= 4 is 11.8 Å². The number of amides is 2. The fourth-order valence-corrected chi connectivity index (χ4v) is 2.56. The van der Waals surface area contributed by atoms with E-state index in [1.165, 1.54) is 12.1 Å². The van der Waals surface area contributed by atoms with Crippen LogP contribution in [-0.4, -0.2) is 18.4 Å². The van der Waals surface area contributed by atoms with E-state index in [1.54, 1.807) is 24.3 Å². The molecule has 3 rings (SSSR count). The molecule has 0 unspecified atom stereocenters. The fourth-order valence-electron chi connectivity index (χ4n) is 2.56. The number of hydrogen-bond acceptors (Lipinski definition) is 3. The molecule has 1 aliphatic carbocycles. The predicted molar refractivity (Wildman–Crippen MR) is 95.0 cm³/mol. The van der Waals surface area contributed by atoms with Gasteiger partial charge in [0.25, 0.3) is 0 Å². The highest BCUT2D eigenvalue weighted by molar-refractivity contribution is 5.87. The summed E-state index contributed by atoms with van der Waals surface area (Å²) in [5, 5.41) is 5.42. The average Bonchev–Trinajstić information content (AvgIpc) is 3.38. The van der Waals surface area contributed by atoms with Gasteiger partial charge in [-0.25, -0.2) is 4.39 Å². The molecule has 2 atom stereocenters. The van der Waals surface area contributed by atoms with Gasteiger partial charge in [-0.3, -0.25) is 9.59 Å². The van der Waals surface area contributed by atoms with E-state index >= 15 is 0 Å². The number of carbonyl (C=O) groups is 2. The smallest absolute Gasteiger partial charge is 0.239 e. The molecule has 2 aromatic rings. The monoisotopic (exact) mass is 356 g/mol. The molecular formula is C20H21FN2O3. The zero-order chi connectivity index (χ0) is 18.5. The van der Waals surface area contributed by atoms with E-state index < -0.39 is 0 Å². The lowest BCUT2D eigenvalue weighted by Gasteiger charge is -2.09. The van der Waals surface area contributed by atoms with E-state index in [-0.39, 0.29) is 30.1 Å². The van der Waals surface area contributed by atoms with Crippen molar-refractivity contribution in [1.82, 2.24) is 10.6 Å². The fraction of sp³-hybridized carbons (Fsp3) is 0.300. The van der Waals surface area contributed by atoms with E-state index in [0.717, 1.165) is 12.0 Å². The minimum absolute atomic E-state index is 0.00614. The number of nitrogens with one attached hydrogen (secondary N) is 2. The Hall–Kier alpha value is -2.89. The van der Waals surface area contributed by atoms with Crippen molar-refractivity contribution in [3.05, 3.63) is 59.9 Å². The van der Waals surface area contributed by atoms with Crippen molar-refractivity contribution in [2.45, 2.75) is 19.9 Å². The lowest BCUT2D eigenvalue weighted by atomic mass is 10.2. The number of rotatable bonds is 7. The minimum atomic E-state index is -0.314. The topological polar surface area (TPSA) is 67.4 Å². The summed E-state index contributed by atoms with van der Waals surface area (Å²) in [6.45, 7) is 2.38. The van der Waals surface area contributed by atoms with Crippen molar-refractivity contribution in [2.75, 3.05) is 6.54 Å². The molecule has 1 aliphatic rings. The summed E-state index contributed by atoms with van der Waals surface area (Å²) >= 11 is 0. The molecule has 2 amide bonds. The second kappa shape index (κ2) is 7.99. The van der Waals surface area contributed by atoms with E-state index in [1.807, 2.05) is 19.1 Å². The Bertz CT molecular complexity index is 775. The number of hydrogen-bond donors (Lipinski definition) is 2. The molecule has 136 valence electrons. The van der Waals surface area contributed by atoms with Gasteiger partial charge in [-0.2, -0.15) is 0 Å². The van der Waals surface area contributed by atoms with Gasteiger partial charge in [0.15, 0.2) is 0 Å². The Morgan fingerprint density at radius 2 is 1.62 bits per heavy atom. The Labute approximate surface area is 151 Å². The molecule has 1 saturated carbocycles. The predicted octanol–water partition coefficient (Wildman–Crippen LogP) is 3.01. The van der Waals surface area contributed by atoms with Crippen molar-refractivity contribution in [2.24, 2.45) is 11.8 Å². The molecule has 2 N–H and O–H groups in total. The van der Waals surface area contributed by atoms with Gasteiger partial charge in [-0.1, -0.05) is 19.1 Å². The number of carbonyl (C=O) groups excluding carboxylic acids is 2. The van der Waals surface area contributed by atoms with E-state index in [0.29, 0.717) is 24.0 Å². The van der Waals surface area contributed by atoms with Crippen molar-refractivity contribution < 1.29 is 18.7 Å². The van der Waals surface area contributed by atoms with Gasteiger partial charge in [-0.15, -0.1) is 0 Å². The molecule has 0 radical (unpaired) electrons. The molecule has 0 spiro atoms. The largest absolute Gasteiger partial charge is 0.457 e. The van der Waals surface area contributed by atoms with Gasteiger partial charge < -0.3 is 15.4 Å². The van der Waals surface area contributed by atoms with Crippen LogP contribution in [0.15, 0.2) is 48.5 Å². The standard InChI is InChI=1S/C20H21FN2O3/c1-13-10-18(13)20(25)23-12-19(24)22-11-14-2-6-16(7-3-14)26-17-8-4-15(21)5-9-17/h2-9,13,18H,10-12H2,1H3,(H,22,24)(H,23,25)/t13-,18+/m1/s1. The molecule has 0 heterocycles. The normalized spacial score (nSPS) is 18.1. The van der Waals surface area contributed by atoms with Gasteiger partial charge in [0.2, 0.25) is 11.8 Å². The highest BCUT2D eigenvalue weighted by Crippen LogP contribution is 2.37. The average molecular weight is 356 g/mol. The molecule has 26 heavy (non-hydrogen) atoms.